The van der Waals surface area contributed by atoms with Crippen LogP contribution in [0.5, 0.6) is 0 Å². The molecule has 0 saturated carbocycles. The highest BCUT2D eigenvalue weighted by molar-refractivity contribution is 6.30. The van der Waals surface area contributed by atoms with Gasteiger partial charge in [-0.3, -0.25) is 0 Å². The van der Waals surface area contributed by atoms with Gasteiger partial charge >= 0.3 is 0 Å². The lowest BCUT2D eigenvalue weighted by Gasteiger charge is -2.15. The lowest BCUT2D eigenvalue weighted by molar-refractivity contribution is 1.00. The van der Waals surface area contributed by atoms with Crippen LogP contribution in [0.25, 0.3) is 111 Å². The maximum absolute atomic E-state index is 5.32. The maximum Gasteiger partial charge on any atom is 0.184 e. The smallest absolute Gasteiger partial charge is 0.184 e. The third kappa shape index (κ3) is 3.64. The summed E-state index contributed by atoms with van der Waals surface area (Å²) in [6.45, 7) is 0. The Labute approximate surface area is 297 Å². The number of rotatable bonds is 3. The normalized spacial score (nSPS) is 12.2. The number of hydrogen-bond acceptors (Lipinski definition) is 3. The molecule has 1 aliphatic carbocycles. The molecule has 3 aromatic heterocycles. The quantitative estimate of drug-likeness (QED) is 0.177. The van der Waals surface area contributed by atoms with Gasteiger partial charge in [0.25, 0.3) is 0 Å². The van der Waals surface area contributed by atoms with E-state index >= 15 is 0 Å². The Morgan fingerprint density at radius 1 is 0.404 bits per heavy atom. The van der Waals surface area contributed by atoms with Gasteiger partial charge in [-0.25, -0.2) is 14.5 Å². The van der Waals surface area contributed by atoms with Crippen molar-refractivity contribution in [3.63, 3.8) is 0 Å². The summed E-state index contributed by atoms with van der Waals surface area (Å²) in [6, 6.07) is 58.3. The molecule has 0 spiro atoms. The summed E-state index contributed by atoms with van der Waals surface area (Å²) in [4.78, 5) is 10.6. The molecule has 240 valence electrons. The second-order valence-electron chi connectivity index (χ2n) is 13.6. The van der Waals surface area contributed by atoms with Gasteiger partial charge in [-0.15, -0.1) is 5.10 Å². The predicted molar refractivity (Wildman–Crippen MR) is 213 cm³/mol. The SMILES string of the molecule is c1ccc(-c2nc3c4ccccc4ccc3n3nc(-c4ccccc4-n4c5cccc6c5c5c7c(cccc7ccc54)-c4ccccc4-6)nc23)cc1. The summed E-state index contributed by atoms with van der Waals surface area (Å²) in [6.07, 6.45) is 0. The molecule has 0 unspecified atom stereocenters. The van der Waals surface area contributed by atoms with Gasteiger partial charge in [0, 0.05) is 27.3 Å². The zero-order valence-electron chi connectivity index (χ0n) is 27.8. The van der Waals surface area contributed by atoms with E-state index in [1.54, 1.807) is 0 Å². The minimum atomic E-state index is 0.653. The Morgan fingerprint density at radius 2 is 1.04 bits per heavy atom. The number of para-hydroxylation sites is 1. The fraction of sp³-hybridized carbons (Fsp3) is 0. The second-order valence-corrected chi connectivity index (χ2v) is 13.6. The first-order valence-electron chi connectivity index (χ1n) is 17.6. The van der Waals surface area contributed by atoms with Gasteiger partial charge in [0.15, 0.2) is 11.5 Å². The second kappa shape index (κ2) is 10.2. The van der Waals surface area contributed by atoms with E-state index < -0.39 is 0 Å². The summed E-state index contributed by atoms with van der Waals surface area (Å²) in [5, 5.41) is 12.6. The van der Waals surface area contributed by atoms with E-state index in [4.69, 9.17) is 15.1 Å². The van der Waals surface area contributed by atoms with Crippen molar-refractivity contribution in [2.24, 2.45) is 0 Å². The van der Waals surface area contributed by atoms with E-state index in [1.165, 1.54) is 43.8 Å². The van der Waals surface area contributed by atoms with E-state index in [0.29, 0.717) is 5.82 Å². The first-order chi connectivity index (χ1) is 25.8. The summed E-state index contributed by atoms with van der Waals surface area (Å²) >= 11 is 0. The fourth-order valence-corrected chi connectivity index (χ4v) is 8.68. The summed E-state index contributed by atoms with van der Waals surface area (Å²) in [7, 11) is 0. The van der Waals surface area contributed by atoms with E-state index in [2.05, 4.69) is 150 Å². The van der Waals surface area contributed by atoms with Crippen molar-refractivity contribution in [1.82, 2.24) is 24.1 Å². The van der Waals surface area contributed by atoms with Crippen molar-refractivity contribution in [1.29, 1.82) is 0 Å². The summed E-state index contributed by atoms with van der Waals surface area (Å²) in [5.41, 5.74) is 13.7. The van der Waals surface area contributed by atoms with E-state index in [1.807, 2.05) is 22.7 Å². The summed E-state index contributed by atoms with van der Waals surface area (Å²) < 4.78 is 4.41. The number of fused-ring (bicyclic) bond motifs is 8. The van der Waals surface area contributed by atoms with Gasteiger partial charge in [-0.05, 0) is 68.7 Å². The Hall–Kier alpha value is -7.11. The molecule has 3 heterocycles. The third-order valence-corrected chi connectivity index (χ3v) is 10.9. The molecule has 5 nitrogen and oxygen atoms in total. The molecular formula is C47H27N5. The van der Waals surface area contributed by atoms with Crippen LogP contribution in [-0.2, 0) is 0 Å². The Bertz CT molecular complexity index is 3300. The van der Waals surface area contributed by atoms with Crippen LogP contribution in [0.2, 0.25) is 0 Å². The van der Waals surface area contributed by atoms with Gasteiger partial charge in [-0.2, -0.15) is 0 Å². The number of hydrogen-bond donors (Lipinski definition) is 0. The first-order valence-corrected chi connectivity index (χ1v) is 17.6. The highest BCUT2D eigenvalue weighted by Gasteiger charge is 2.26. The highest BCUT2D eigenvalue weighted by Crippen LogP contribution is 2.50. The van der Waals surface area contributed by atoms with Gasteiger partial charge in [0.2, 0.25) is 0 Å². The van der Waals surface area contributed by atoms with Crippen LogP contribution < -0.4 is 0 Å². The molecule has 12 rings (SSSR count). The maximum atomic E-state index is 5.32. The molecule has 0 saturated heterocycles. The molecule has 0 fully saturated rings. The molecular weight excluding hydrogens is 635 g/mol. The average molecular weight is 662 g/mol. The largest absolute Gasteiger partial charge is 0.308 e. The molecule has 0 radical (unpaired) electrons. The predicted octanol–water partition coefficient (Wildman–Crippen LogP) is 11.7. The van der Waals surface area contributed by atoms with Crippen LogP contribution in [0.3, 0.4) is 0 Å². The van der Waals surface area contributed by atoms with Crippen molar-refractivity contribution in [3.8, 4) is 50.6 Å². The fourth-order valence-electron chi connectivity index (χ4n) is 8.68. The van der Waals surface area contributed by atoms with Gasteiger partial charge in [0.05, 0.1) is 27.8 Å². The van der Waals surface area contributed by atoms with Crippen molar-refractivity contribution in [3.05, 3.63) is 164 Å². The molecule has 0 amide bonds. The van der Waals surface area contributed by atoms with E-state index in [-0.39, 0.29) is 0 Å². The van der Waals surface area contributed by atoms with Gasteiger partial charge in [-0.1, -0.05) is 133 Å². The molecule has 8 aromatic carbocycles. The van der Waals surface area contributed by atoms with Crippen molar-refractivity contribution >= 4 is 60.0 Å². The van der Waals surface area contributed by atoms with Crippen LogP contribution in [-0.4, -0.2) is 24.1 Å². The lowest BCUT2D eigenvalue weighted by Crippen LogP contribution is -1.99. The first kappa shape index (κ1) is 27.7. The van der Waals surface area contributed by atoms with Crippen LogP contribution in [0, 0.1) is 0 Å². The number of nitrogens with zero attached hydrogens (tertiary/aromatic N) is 5. The summed E-state index contributed by atoms with van der Waals surface area (Å²) in [5.74, 6) is 0.653. The van der Waals surface area contributed by atoms with E-state index in [9.17, 15) is 0 Å². The Balaban J connectivity index is 1.18. The van der Waals surface area contributed by atoms with Crippen LogP contribution >= 0.6 is 0 Å². The van der Waals surface area contributed by atoms with Gasteiger partial charge in [0.1, 0.15) is 5.69 Å². The van der Waals surface area contributed by atoms with Crippen molar-refractivity contribution in [2.45, 2.75) is 0 Å². The Kier molecular flexibility index (Phi) is 5.44. The van der Waals surface area contributed by atoms with Crippen LogP contribution in [0.15, 0.2) is 164 Å². The molecule has 0 aliphatic heterocycles. The average Bonchev–Trinajstić information content (AvgIpc) is 3.77. The molecule has 1 aliphatic rings. The minimum Gasteiger partial charge on any atom is -0.308 e. The van der Waals surface area contributed by atoms with Gasteiger partial charge < -0.3 is 4.57 Å². The molecule has 0 bridgehead atoms. The minimum absolute atomic E-state index is 0.653. The highest BCUT2D eigenvalue weighted by atomic mass is 15.3. The van der Waals surface area contributed by atoms with Crippen molar-refractivity contribution < 1.29 is 0 Å². The Morgan fingerprint density at radius 3 is 1.90 bits per heavy atom. The number of aromatic nitrogens is 5. The van der Waals surface area contributed by atoms with Crippen LogP contribution in [0.4, 0.5) is 0 Å². The zero-order chi connectivity index (χ0) is 33.9. The molecule has 0 N–H and O–H groups in total. The molecule has 11 aromatic rings. The monoisotopic (exact) mass is 661 g/mol. The molecule has 5 heteroatoms. The molecule has 52 heavy (non-hydrogen) atoms. The lowest BCUT2D eigenvalue weighted by atomic mass is 9.93. The zero-order valence-corrected chi connectivity index (χ0v) is 27.8. The van der Waals surface area contributed by atoms with Crippen molar-refractivity contribution in [2.75, 3.05) is 0 Å². The molecule has 0 atom stereocenters. The van der Waals surface area contributed by atoms with E-state index in [0.717, 1.165) is 61.0 Å². The number of benzene rings is 8. The standard InChI is InChI=1S/C47H27N5/c1-2-13-30(14-3-1)44-47-49-46(50-52(47)40-27-24-28-12-4-5-16-31(28)45(40)48-44)36-19-8-9-22-37(36)51-38-23-11-21-35-33-18-7-6-17-32(33)34-20-10-15-29-25-26-39(51)43(41(29)34)42(35)38/h1-27H. The topological polar surface area (TPSA) is 48.0 Å². The van der Waals surface area contributed by atoms with Crippen LogP contribution in [0.1, 0.15) is 0 Å². The third-order valence-electron chi connectivity index (χ3n) is 10.9.